The van der Waals surface area contributed by atoms with Crippen LogP contribution in [0.15, 0.2) is 107 Å². The van der Waals surface area contributed by atoms with Gasteiger partial charge >= 0.3 is 5.97 Å². The van der Waals surface area contributed by atoms with Crippen molar-refractivity contribution >= 4 is 33.4 Å². The summed E-state index contributed by atoms with van der Waals surface area (Å²) in [6.07, 6.45) is -0.0449. The van der Waals surface area contributed by atoms with Gasteiger partial charge in [-0.1, -0.05) is 61.5 Å². The van der Waals surface area contributed by atoms with Crippen LogP contribution in [0.2, 0.25) is 0 Å². The predicted octanol–water partition coefficient (Wildman–Crippen LogP) is 5.66. The van der Waals surface area contributed by atoms with Crippen molar-refractivity contribution in [1.82, 2.24) is 4.98 Å². The molecule has 1 aromatic heterocycles. The van der Waals surface area contributed by atoms with Crippen LogP contribution in [-0.2, 0) is 26.1 Å². The Morgan fingerprint density at radius 3 is 2.43 bits per heavy atom. The van der Waals surface area contributed by atoms with Crippen molar-refractivity contribution in [3.8, 4) is 0 Å². The minimum Gasteiger partial charge on any atom is -0.478 e. The Morgan fingerprint density at radius 2 is 1.71 bits per heavy atom. The molecular formula is C31H30N2O7S2. The number of rotatable bonds is 10. The molecule has 11 heteroatoms. The van der Waals surface area contributed by atoms with Gasteiger partial charge in [-0.3, -0.25) is 4.72 Å². The molecule has 1 aliphatic heterocycles. The largest absolute Gasteiger partial charge is 0.478 e. The molecule has 0 aliphatic carbocycles. The molecule has 0 amide bonds. The summed E-state index contributed by atoms with van der Waals surface area (Å²) in [6, 6.07) is 25.6. The number of aliphatic hydroxyl groups excluding tert-OH is 1. The van der Waals surface area contributed by atoms with E-state index >= 15 is 0 Å². The van der Waals surface area contributed by atoms with Crippen LogP contribution in [0.1, 0.15) is 46.4 Å². The molecule has 2 heterocycles. The summed E-state index contributed by atoms with van der Waals surface area (Å²) in [4.78, 5) is 16.1. The van der Waals surface area contributed by atoms with Gasteiger partial charge in [-0.05, 0) is 47.5 Å². The fourth-order valence-corrected chi connectivity index (χ4v) is 6.92. The van der Waals surface area contributed by atoms with Gasteiger partial charge in [0.1, 0.15) is 5.03 Å². The first-order chi connectivity index (χ1) is 20.2. The van der Waals surface area contributed by atoms with E-state index in [0.717, 1.165) is 11.1 Å². The summed E-state index contributed by atoms with van der Waals surface area (Å²) in [5.74, 6) is -0.782. The van der Waals surface area contributed by atoms with Crippen LogP contribution < -0.4 is 4.72 Å². The molecule has 3 N–H and O–H groups in total. The zero-order valence-electron chi connectivity index (χ0n) is 22.7. The van der Waals surface area contributed by atoms with Crippen LogP contribution in [0.5, 0.6) is 0 Å². The van der Waals surface area contributed by atoms with E-state index in [-0.39, 0.29) is 29.1 Å². The molecule has 42 heavy (non-hydrogen) atoms. The normalized spacial score (nSPS) is 20.6. The lowest BCUT2D eigenvalue weighted by Crippen LogP contribution is -2.38. The van der Waals surface area contributed by atoms with Crippen molar-refractivity contribution < 1.29 is 32.9 Å². The highest BCUT2D eigenvalue weighted by Crippen LogP contribution is 2.43. The van der Waals surface area contributed by atoms with Crippen molar-refractivity contribution in [1.29, 1.82) is 0 Å². The molecule has 9 nitrogen and oxygen atoms in total. The minimum atomic E-state index is -3.80. The third kappa shape index (κ3) is 6.83. The third-order valence-corrected chi connectivity index (χ3v) is 9.46. The lowest BCUT2D eigenvalue weighted by atomic mass is 9.91. The summed E-state index contributed by atoms with van der Waals surface area (Å²) in [7, 11) is -3.80. The van der Waals surface area contributed by atoms with Crippen LogP contribution in [0.25, 0.3) is 0 Å². The molecule has 1 aliphatic rings. The molecule has 4 unspecified atom stereocenters. The van der Waals surface area contributed by atoms with E-state index in [4.69, 9.17) is 9.47 Å². The van der Waals surface area contributed by atoms with Crippen molar-refractivity contribution in [2.75, 3.05) is 10.5 Å². The van der Waals surface area contributed by atoms with E-state index in [9.17, 15) is 23.4 Å². The zero-order valence-corrected chi connectivity index (χ0v) is 24.3. The maximum Gasteiger partial charge on any atom is 0.338 e. The maximum atomic E-state index is 12.9. The molecule has 3 aromatic carbocycles. The number of thioether (sulfide) groups is 1. The molecule has 5 rings (SSSR count). The standard InChI is InChI=1S/C31H30N2O7S2/c1-20-27(19-41-29-26(30(35)36)11-6-16-32-29)39-31(40-28(20)22-14-12-21(18-34)13-15-22)23-7-5-8-24(17-23)33-42(37,38)25-9-3-2-4-10-25/h2-17,20,27-28,31,33-34H,18-19H2,1H3,(H,35,36). The molecule has 1 saturated heterocycles. The SMILES string of the molecule is CC1C(CSc2ncccc2C(=O)O)OC(c2cccc(NS(=O)(=O)c3ccccc3)c2)OC1c1ccc(CO)cc1. The number of aromatic carboxylic acids is 1. The topological polar surface area (TPSA) is 135 Å². The van der Waals surface area contributed by atoms with E-state index in [0.29, 0.717) is 22.0 Å². The van der Waals surface area contributed by atoms with Crippen molar-refractivity contribution in [3.05, 3.63) is 119 Å². The van der Waals surface area contributed by atoms with Gasteiger partial charge in [-0.2, -0.15) is 0 Å². The molecule has 0 spiro atoms. The predicted molar refractivity (Wildman–Crippen MR) is 159 cm³/mol. The Kier molecular flexibility index (Phi) is 9.24. The number of aromatic nitrogens is 1. The smallest absolute Gasteiger partial charge is 0.338 e. The number of ether oxygens (including phenoxy) is 2. The summed E-state index contributed by atoms with van der Waals surface area (Å²) in [6.45, 7) is 1.93. The number of sulfonamides is 1. The summed E-state index contributed by atoms with van der Waals surface area (Å²) < 4.78 is 41.4. The number of nitrogens with one attached hydrogen (secondary N) is 1. The summed E-state index contributed by atoms with van der Waals surface area (Å²) >= 11 is 1.30. The Hall–Kier alpha value is -3.74. The Bertz CT molecular complexity index is 1630. The first kappa shape index (κ1) is 29.7. The summed E-state index contributed by atoms with van der Waals surface area (Å²) in [5.41, 5.74) is 2.76. The Morgan fingerprint density at radius 1 is 0.952 bits per heavy atom. The molecule has 1 fully saturated rings. The molecule has 0 saturated carbocycles. The van der Waals surface area contributed by atoms with Crippen LogP contribution in [-0.4, -0.2) is 41.4 Å². The molecule has 4 aromatic rings. The van der Waals surface area contributed by atoms with Gasteiger partial charge in [-0.25, -0.2) is 18.2 Å². The van der Waals surface area contributed by atoms with Gasteiger partial charge in [0.05, 0.1) is 29.3 Å². The fraction of sp³-hybridized carbons (Fsp3) is 0.226. The highest BCUT2D eigenvalue weighted by molar-refractivity contribution is 7.99. The lowest BCUT2D eigenvalue weighted by molar-refractivity contribution is -0.268. The fourth-order valence-electron chi connectivity index (χ4n) is 4.70. The first-order valence-electron chi connectivity index (χ1n) is 13.2. The summed E-state index contributed by atoms with van der Waals surface area (Å²) in [5, 5.41) is 19.5. The molecule has 4 atom stereocenters. The second-order valence-corrected chi connectivity index (χ2v) is 12.5. The highest BCUT2D eigenvalue weighted by atomic mass is 32.2. The zero-order chi connectivity index (χ0) is 29.7. The average molecular weight is 607 g/mol. The first-order valence-corrected chi connectivity index (χ1v) is 15.7. The van der Waals surface area contributed by atoms with Crippen LogP contribution in [0, 0.1) is 5.92 Å². The minimum absolute atomic E-state index is 0.0754. The van der Waals surface area contributed by atoms with Gasteiger partial charge in [0.15, 0.2) is 6.29 Å². The van der Waals surface area contributed by atoms with E-state index in [1.165, 1.54) is 30.0 Å². The second kappa shape index (κ2) is 13.1. The van der Waals surface area contributed by atoms with Crippen LogP contribution in [0.4, 0.5) is 5.69 Å². The van der Waals surface area contributed by atoms with E-state index in [1.54, 1.807) is 54.7 Å². The number of hydrogen-bond donors (Lipinski definition) is 3. The number of carbonyl (C=O) groups is 1. The van der Waals surface area contributed by atoms with Gasteiger partial charge in [0.25, 0.3) is 10.0 Å². The molecule has 218 valence electrons. The van der Waals surface area contributed by atoms with E-state index in [1.807, 2.05) is 31.2 Å². The quantitative estimate of drug-likeness (QED) is 0.196. The molecule has 0 bridgehead atoms. The molecular weight excluding hydrogens is 576 g/mol. The van der Waals surface area contributed by atoms with Crippen molar-refractivity contribution in [3.63, 3.8) is 0 Å². The van der Waals surface area contributed by atoms with Crippen LogP contribution in [0.3, 0.4) is 0 Å². The van der Waals surface area contributed by atoms with Gasteiger partial charge < -0.3 is 19.7 Å². The maximum absolute atomic E-state index is 12.9. The van der Waals surface area contributed by atoms with E-state index < -0.39 is 28.4 Å². The molecule has 0 radical (unpaired) electrons. The number of aliphatic hydroxyl groups is 1. The number of anilines is 1. The number of hydrogen-bond acceptors (Lipinski definition) is 8. The monoisotopic (exact) mass is 606 g/mol. The lowest BCUT2D eigenvalue weighted by Gasteiger charge is -2.41. The van der Waals surface area contributed by atoms with Gasteiger partial charge in [0.2, 0.25) is 0 Å². The highest BCUT2D eigenvalue weighted by Gasteiger charge is 2.38. The van der Waals surface area contributed by atoms with Crippen molar-refractivity contribution in [2.45, 2.75) is 42.0 Å². The number of nitrogens with zero attached hydrogens (tertiary/aromatic N) is 1. The average Bonchev–Trinajstić information content (AvgIpc) is 3.01. The van der Waals surface area contributed by atoms with Crippen molar-refractivity contribution in [2.24, 2.45) is 5.92 Å². The van der Waals surface area contributed by atoms with Gasteiger partial charge in [-0.15, -0.1) is 11.8 Å². The van der Waals surface area contributed by atoms with Crippen LogP contribution >= 0.6 is 11.8 Å². The number of benzene rings is 3. The second-order valence-electron chi connectivity index (χ2n) is 9.84. The Balaban J connectivity index is 1.42. The van der Waals surface area contributed by atoms with Gasteiger partial charge in [0, 0.05) is 29.1 Å². The van der Waals surface area contributed by atoms with E-state index in [2.05, 4.69) is 9.71 Å². The Labute approximate surface area is 248 Å². The number of carboxylic acids is 1. The number of pyridine rings is 1. The number of carboxylic acid groups (broad SMARTS) is 1. The third-order valence-electron chi connectivity index (χ3n) is 6.97.